The van der Waals surface area contributed by atoms with E-state index in [1.54, 1.807) is 36.4 Å². The lowest BCUT2D eigenvalue weighted by Gasteiger charge is -2.25. The van der Waals surface area contributed by atoms with Crippen molar-refractivity contribution in [2.45, 2.75) is 0 Å². The van der Waals surface area contributed by atoms with Crippen molar-refractivity contribution in [3.05, 3.63) is 104 Å². The zero-order valence-electron chi connectivity index (χ0n) is 18.1. The number of carbonyl (C=O) groups is 2. The number of hydrogen-bond donors (Lipinski definition) is 0. The predicted octanol–water partition coefficient (Wildman–Crippen LogP) is 9.50. The first-order valence-corrected chi connectivity index (χ1v) is 13.0. The van der Waals surface area contributed by atoms with E-state index in [1.807, 2.05) is 24.3 Å². The maximum atomic E-state index is 13.2. The fourth-order valence-corrected chi connectivity index (χ4v) is 5.43. The molecule has 4 aromatic rings. The highest BCUT2D eigenvalue weighted by Crippen LogP contribution is 2.50. The SMILES string of the molecule is O=C1C=C(Cl)c2cc(Oc3ccc(Br)cc3)c3c4c(cc(Oc5ccc(Br)cc5)c1c24)C(Cl)=CC3=O. The van der Waals surface area contributed by atoms with Gasteiger partial charge in [-0.3, -0.25) is 9.59 Å². The fraction of sp³-hybridized carbons (Fsp3) is 0. The summed E-state index contributed by atoms with van der Waals surface area (Å²) in [5.74, 6) is 1.07. The molecule has 8 heteroatoms. The molecule has 0 unspecified atom stereocenters. The number of carbonyl (C=O) groups excluding carboxylic acids is 2. The van der Waals surface area contributed by atoms with Crippen LogP contribution in [0.5, 0.6) is 23.0 Å². The number of ether oxygens (including phenoxy) is 2. The largest absolute Gasteiger partial charge is 0.457 e. The molecule has 0 bridgehead atoms. The molecule has 0 radical (unpaired) electrons. The van der Waals surface area contributed by atoms with Gasteiger partial charge in [-0.15, -0.1) is 0 Å². The van der Waals surface area contributed by atoms with Crippen molar-refractivity contribution in [2.75, 3.05) is 0 Å². The second kappa shape index (κ2) is 8.89. The summed E-state index contributed by atoms with van der Waals surface area (Å²) in [5.41, 5.74) is 1.73. The Morgan fingerprint density at radius 3 is 1.31 bits per heavy atom. The van der Waals surface area contributed by atoms with Gasteiger partial charge in [-0.2, -0.15) is 0 Å². The molecular weight excluding hydrogens is 631 g/mol. The third-order valence-corrected chi connectivity index (χ3v) is 7.62. The molecule has 6 rings (SSSR count). The lowest BCUT2D eigenvalue weighted by atomic mass is 9.83. The van der Waals surface area contributed by atoms with E-state index < -0.39 is 0 Å². The quantitative estimate of drug-likeness (QED) is 0.223. The van der Waals surface area contributed by atoms with Crippen LogP contribution in [0, 0.1) is 0 Å². The molecule has 0 fully saturated rings. The molecule has 0 heterocycles. The van der Waals surface area contributed by atoms with Crippen LogP contribution in [-0.2, 0) is 0 Å². The number of rotatable bonds is 4. The van der Waals surface area contributed by atoms with E-state index in [-0.39, 0.29) is 21.6 Å². The molecule has 176 valence electrons. The third kappa shape index (κ3) is 3.89. The Morgan fingerprint density at radius 1 is 0.583 bits per heavy atom. The second-order valence-corrected chi connectivity index (χ2v) is 10.8. The van der Waals surface area contributed by atoms with Gasteiger partial charge in [0.1, 0.15) is 23.0 Å². The number of ketones is 2. The van der Waals surface area contributed by atoms with Crippen molar-refractivity contribution in [1.82, 2.24) is 0 Å². The third-order valence-electron chi connectivity index (χ3n) is 5.94. The van der Waals surface area contributed by atoms with Gasteiger partial charge >= 0.3 is 0 Å². The summed E-state index contributed by atoms with van der Waals surface area (Å²) in [5, 5.41) is 1.50. The summed E-state index contributed by atoms with van der Waals surface area (Å²) in [6.45, 7) is 0. The van der Waals surface area contributed by atoms with Crippen LogP contribution in [0.3, 0.4) is 0 Å². The van der Waals surface area contributed by atoms with Gasteiger partial charge in [0.25, 0.3) is 0 Å². The molecule has 0 saturated heterocycles. The highest BCUT2D eigenvalue weighted by Gasteiger charge is 2.33. The maximum absolute atomic E-state index is 13.2. The summed E-state index contributed by atoms with van der Waals surface area (Å²) in [6, 6.07) is 17.9. The molecule has 0 atom stereocenters. The molecule has 0 amide bonds. The van der Waals surface area contributed by atoms with Crippen LogP contribution in [0.4, 0.5) is 0 Å². The van der Waals surface area contributed by atoms with Crippen LogP contribution in [0.15, 0.2) is 81.8 Å². The number of allylic oxidation sites excluding steroid dienone is 2. The fourth-order valence-electron chi connectivity index (χ4n) is 4.40. The first kappa shape index (κ1) is 23.5. The lowest BCUT2D eigenvalue weighted by Crippen LogP contribution is -2.13. The zero-order valence-corrected chi connectivity index (χ0v) is 22.8. The van der Waals surface area contributed by atoms with Crippen LogP contribution >= 0.6 is 55.1 Å². The summed E-state index contributed by atoms with van der Waals surface area (Å²) >= 11 is 20.0. The van der Waals surface area contributed by atoms with E-state index in [0.717, 1.165) is 8.95 Å². The highest BCUT2D eigenvalue weighted by atomic mass is 79.9. The Bertz CT molecular complexity index is 1560. The van der Waals surface area contributed by atoms with E-state index in [0.29, 0.717) is 56.0 Å². The second-order valence-electron chi connectivity index (χ2n) is 8.17. The molecule has 4 aromatic carbocycles. The molecule has 0 aliphatic heterocycles. The van der Waals surface area contributed by atoms with Crippen molar-refractivity contribution in [1.29, 1.82) is 0 Å². The predicted molar refractivity (Wildman–Crippen MR) is 149 cm³/mol. The summed E-state index contributed by atoms with van der Waals surface area (Å²) in [6.07, 6.45) is 2.70. The minimum atomic E-state index is -0.322. The average Bonchev–Trinajstić information content (AvgIpc) is 2.84. The lowest BCUT2D eigenvalue weighted by molar-refractivity contribution is 0.103. The number of hydrogen-bond acceptors (Lipinski definition) is 4. The minimum absolute atomic E-state index is 0.240. The van der Waals surface area contributed by atoms with E-state index >= 15 is 0 Å². The Hall–Kier alpha value is -2.90. The van der Waals surface area contributed by atoms with Gasteiger partial charge in [-0.25, -0.2) is 0 Å². The smallest absolute Gasteiger partial charge is 0.191 e. The zero-order chi connectivity index (χ0) is 25.1. The van der Waals surface area contributed by atoms with E-state index in [9.17, 15) is 9.59 Å². The van der Waals surface area contributed by atoms with Crippen molar-refractivity contribution in [2.24, 2.45) is 0 Å². The number of benzene rings is 4. The van der Waals surface area contributed by atoms with E-state index in [2.05, 4.69) is 31.9 Å². The Morgan fingerprint density at radius 2 is 0.944 bits per heavy atom. The van der Waals surface area contributed by atoms with Gasteiger partial charge in [0.2, 0.25) is 0 Å². The van der Waals surface area contributed by atoms with E-state index in [4.69, 9.17) is 32.7 Å². The van der Waals surface area contributed by atoms with Crippen molar-refractivity contribution >= 4 is 87.5 Å². The van der Waals surface area contributed by atoms with Crippen LogP contribution in [0.2, 0.25) is 0 Å². The summed E-state index contributed by atoms with van der Waals surface area (Å²) in [7, 11) is 0. The normalized spacial score (nSPS) is 14.0. The molecule has 0 spiro atoms. The average molecular weight is 643 g/mol. The first-order valence-electron chi connectivity index (χ1n) is 10.7. The van der Waals surface area contributed by atoms with Gasteiger partial charge in [-0.05, 0) is 60.7 Å². The van der Waals surface area contributed by atoms with Crippen LogP contribution in [0.1, 0.15) is 31.8 Å². The van der Waals surface area contributed by atoms with Crippen molar-refractivity contribution in [3.63, 3.8) is 0 Å². The summed E-state index contributed by atoms with van der Waals surface area (Å²) < 4.78 is 14.1. The van der Waals surface area contributed by atoms with E-state index in [1.165, 1.54) is 12.2 Å². The Labute approximate surface area is 232 Å². The molecule has 2 aliphatic rings. The van der Waals surface area contributed by atoms with Gasteiger partial charge < -0.3 is 9.47 Å². The van der Waals surface area contributed by atoms with Crippen molar-refractivity contribution in [3.8, 4) is 23.0 Å². The topological polar surface area (TPSA) is 52.6 Å². The van der Waals surface area contributed by atoms with Crippen molar-refractivity contribution < 1.29 is 19.1 Å². The standard InChI is InChI=1S/C28H12Br2Cl2O4/c29-13-1-5-15(6-2-13)35-23-9-17-19(31)12-22(34)28-24(36-16-7-3-14(30)4-8-16)10-18-20(32)11-21(33)27(23)25(18)26(17)28/h1-12H. The molecule has 0 saturated carbocycles. The van der Waals surface area contributed by atoms with Gasteiger partial charge in [-0.1, -0.05) is 55.1 Å². The highest BCUT2D eigenvalue weighted by molar-refractivity contribution is 9.10. The molecule has 4 nitrogen and oxygen atoms in total. The first-order chi connectivity index (χ1) is 17.3. The Balaban J connectivity index is 1.64. The van der Waals surface area contributed by atoms with Gasteiger partial charge in [0, 0.05) is 43.0 Å². The van der Waals surface area contributed by atoms with Crippen LogP contribution in [0.25, 0.3) is 20.8 Å². The van der Waals surface area contributed by atoms with Crippen LogP contribution < -0.4 is 9.47 Å². The van der Waals surface area contributed by atoms with Gasteiger partial charge in [0.05, 0.1) is 21.2 Å². The summed E-state index contributed by atoms with van der Waals surface area (Å²) in [4.78, 5) is 26.5. The Kier molecular flexibility index (Phi) is 5.80. The number of halogens is 4. The molecule has 0 N–H and O–H groups in total. The molecule has 2 aliphatic carbocycles. The molecular formula is C28H12Br2Cl2O4. The van der Waals surface area contributed by atoms with Gasteiger partial charge in [0.15, 0.2) is 11.6 Å². The molecule has 36 heavy (non-hydrogen) atoms. The molecule has 0 aromatic heterocycles. The van der Waals surface area contributed by atoms with Crippen LogP contribution in [-0.4, -0.2) is 11.6 Å². The monoisotopic (exact) mass is 640 g/mol. The maximum Gasteiger partial charge on any atom is 0.191 e. The minimum Gasteiger partial charge on any atom is -0.457 e.